The first-order chi connectivity index (χ1) is 23.2. The van der Waals surface area contributed by atoms with Crippen LogP contribution in [0.3, 0.4) is 0 Å². The molecule has 2 aliphatic rings. The maximum atomic E-state index is 14.1. The number of nitrogens with zero attached hydrogens (tertiary/aromatic N) is 2. The van der Waals surface area contributed by atoms with Gasteiger partial charge in [0.15, 0.2) is 0 Å². The zero-order valence-electron chi connectivity index (χ0n) is 28.0. The third kappa shape index (κ3) is 4.92. The first-order valence-corrected chi connectivity index (χ1v) is 19.1. The van der Waals surface area contributed by atoms with E-state index in [1.165, 1.54) is 9.80 Å². The number of benzene rings is 5. The van der Waals surface area contributed by atoms with Gasteiger partial charge >= 0.3 is 0 Å². The van der Waals surface area contributed by atoms with E-state index in [1.807, 2.05) is 36.4 Å². The van der Waals surface area contributed by atoms with Crippen molar-refractivity contribution in [3.8, 4) is 0 Å². The highest BCUT2D eigenvalue weighted by atomic mass is 79.9. The summed E-state index contributed by atoms with van der Waals surface area (Å²) in [4.78, 5) is 59.2. The summed E-state index contributed by atoms with van der Waals surface area (Å²) < 4.78 is 1.48. The number of halogens is 2. The number of carbonyl (C=O) groups is 4. The molecule has 2 heterocycles. The molecule has 48 heavy (non-hydrogen) atoms. The molecule has 0 aromatic heterocycles. The fourth-order valence-corrected chi connectivity index (χ4v) is 9.43. The largest absolute Gasteiger partial charge is 0.274 e. The smallest absolute Gasteiger partial charge is 0.261 e. The van der Waals surface area contributed by atoms with Gasteiger partial charge in [0.25, 0.3) is 23.6 Å². The van der Waals surface area contributed by atoms with E-state index in [2.05, 4.69) is 59.6 Å². The average molecular weight is 773 g/mol. The maximum absolute atomic E-state index is 14.1. The summed E-state index contributed by atoms with van der Waals surface area (Å²) in [5.74, 6) is -0.520. The standard InChI is InChI=1S/C40H40Br2N2O4/c1-5-9-11-21(7-3)19-43-37(45)25-15-13-23-34-30(42)18-28-32-26(38(46)44(40(28)48)20-22(8-4)12-10-6-2)16-14-24(36(32)34)33-29(41)17-27(39(43)47)31(25)35(23)33/h13-18,21-22H,5-12,19-20H2,1-4H3/t21-,22-/m0/s1. The van der Waals surface area contributed by atoms with Gasteiger partial charge in [-0.2, -0.15) is 0 Å². The van der Waals surface area contributed by atoms with Crippen molar-refractivity contribution in [3.63, 3.8) is 0 Å². The van der Waals surface area contributed by atoms with Gasteiger partial charge in [-0.1, -0.05) is 110 Å². The maximum Gasteiger partial charge on any atom is 0.261 e. The first-order valence-electron chi connectivity index (χ1n) is 17.5. The lowest BCUT2D eigenvalue weighted by atomic mass is 9.82. The molecular formula is C40H40Br2N2O4. The van der Waals surface area contributed by atoms with Gasteiger partial charge in [0, 0.05) is 76.6 Å². The molecule has 2 atom stereocenters. The molecule has 0 spiro atoms. The van der Waals surface area contributed by atoms with E-state index in [0.29, 0.717) is 46.1 Å². The number of imide groups is 2. The molecule has 5 aromatic carbocycles. The molecule has 0 aliphatic carbocycles. The van der Waals surface area contributed by atoms with E-state index >= 15 is 0 Å². The molecule has 7 rings (SSSR count). The highest BCUT2D eigenvalue weighted by Gasteiger charge is 2.39. The zero-order chi connectivity index (χ0) is 34.0. The number of hydrogen-bond donors (Lipinski definition) is 0. The summed E-state index contributed by atoms with van der Waals surface area (Å²) in [5, 5.41) is 6.47. The molecule has 0 N–H and O–H groups in total. The third-order valence-corrected chi connectivity index (χ3v) is 12.1. The van der Waals surface area contributed by atoms with Gasteiger partial charge in [0.1, 0.15) is 0 Å². The van der Waals surface area contributed by atoms with Crippen molar-refractivity contribution in [1.29, 1.82) is 0 Å². The average Bonchev–Trinajstić information content (AvgIpc) is 3.09. The molecule has 0 fully saturated rings. The Balaban J connectivity index is 1.44. The molecule has 0 unspecified atom stereocenters. The highest BCUT2D eigenvalue weighted by Crippen LogP contribution is 2.50. The molecule has 5 aromatic rings. The topological polar surface area (TPSA) is 74.8 Å². The van der Waals surface area contributed by atoms with Gasteiger partial charge in [0.2, 0.25) is 0 Å². The van der Waals surface area contributed by atoms with Crippen LogP contribution < -0.4 is 0 Å². The van der Waals surface area contributed by atoms with Crippen molar-refractivity contribution < 1.29 is 19.2 Å². The molecule has 2 aliphatic heterocycles. The minimum atomic E-state index is -0.262. The second-order valence-corrected chi connectivity index (χ2v) is 15.4. The van der Waals surface area contributed by atoms with Crippen LogP contribution in [0.2, 0.25) is 0 Å². The lowest BCUT2D eigenvalue weighted by Gasteiger charge is -2.32. The molecule has 6 nitrogen and oxygen atoms in total. The fraction of sp³-hybridized carbons (Fsp3) is 0.400. The molecule has 0 saturated heterocycles. The Morgan fingerprint density at radius 3 is 1.25 bits per heavy atom. The predicted octanol–water partition coefficient (Wildman–Crippen LogP) is 10.9. The zero-order valence-corrected chi connectivity index (χ0v) is 31.1. The van der Waals surface area contributed by atoms with Crippen LogP contribution in [-0.4, -0.2) is 46.5 Å². The summed E-state index contributed by atoms with van der Waals surface area (Å²) in [6, 6.07) is 11.3. The number of rotatable bonds is 12. The molecule has 0 bridgehead atoms. The second kappa shape index (κ2) is 12.8. The summed E-state index contributed by atoms with van der Waals surface area (Å²) in [5.41, 5.74) is 2.09. The van der Waals surface area contributed by atoms with E-state index in [9.17, 15) is 19.2 Å². The Bertz CT molecular complexity index is 2020. The summed E-state index contributed by atoms with van der Waals surface area (Å²) in [6.07, 6.45) is 8.04. The Kier molecular flexibility index (Phi) is 8.86. The van der Waals surface area contributed by atoms with E-state index in [0.717, 1.165) is 92.6 Å². The van der Waals surface area contributed by atoms with Crippen LogP contribution >= 0.6 is 31.9 Å². The lowest BCUT2D eigenvalue weighted by molar-refractivity contribution is 0.0565. The Morgan fingerprint density at radius 2 is 0.896 bits per heavy atom. The minimum absolute atomic E-state index is 0.252. The normalized spacial score (nSPS) is 16.0. The first kappa shape index (κ1) is 33.2. The van der Waals surface area contributed by atoms with E-state index in [4.69, 9.17) is 0 Å². The van der Waals surface area contributed by atoms with Crippen molar-refractivity contribution in [2.24, 2.45) is 11.8 Å². The third-order valence-electron chi connectivity index (χ3n) is 10.9. The Hall–Kier alpha value is -3.36. The Labute approximate surface area is 297 Å². The van der Waals surface area contributed by atoms with Crippen molar-refractivity contribution in [1.82, 2.24) is 9.80 Å². The van der Waals surface area contributed by atoms with Gasteiger partial charge in [-0.3, -0.25) is 29.0 Å². The number of amides is 4. The van der Waals surface area contributed by atoms with E-state index in [-0.39, 0.29) is 35.5 Å². The molecule has 4 amide bonds. The van der Waals surface area contributed by atoms with Crippen LogP contribution in [0.25, 0.3) is 43.1 Å². The quantitative estimate of drug-likeness (QED) is 0.0719. The van der Waals surface area contributed by atoms with E-state index in [1.54, 1.807) is 0 Å². The Morgan fingerprint density at radius 1 is 0.521 bits per heavy atom. The van der Waals surface area contributed by atoms with Crippen LogP contribution in [0.5, 0.6) is 0 Å². The van der Waals surface area contributed by atoms with Crippen LogP contribution in [0.1, 0.15) is 120 Å². The summed E-state index contributed by atoms with van der Waals surface area (Å²) >= 11 is 7.66. The van der Waals surface area contributed by atoms with Crippen LogP contribution in [0.4, 0.5) is 0 Å². The van der Waals surface area contributed by atoms with Crippen molar-refractivity contribution in [2.75, 3.05) is 13.1 Å². The summed E-state index contributed by atoms with van der Waals surface area (Å²) in [6.45, 7) is 9.37. The van der Waals surface area contributed by atoms with Gasteiger partial charge in [-0.25, -0.2) is 0 Å². The number of hydrogen-bond acceptors (Lipinski definition) is 4. The van der Waals surface area contributed by atoms with Crippen LogP contribution in [-0.2, 0) is 0 Å². The van der Waals surface area contributed by atoms with Gasteiger partial charge < -0.3 is 0 Å². The van der Waals surface area contributed by atoms with E-state index < -0.39 is 0 Å². The fourth-order valence-electron chi connectivity index (χ4n) is 8.15. The monoisotopic (exact) mass is 770 g/mol. The number of unbranched alkanes of at least 4 members (excludes halogenated alkanes) is 2. The molecule has 0 radical (unpaired) electrons. The molecule has 0 saturated carbocycles. The molecule has 8 heteroatoms. The summed E-state index contributed by atoms with van der Waals surface area (Å²) in [7, 11) is 0. The predicted molar refractivity (Wildman–Crippen MR) is 200 cm³/mol. The van der Waals surface area contributed by atoms with Crippen molar-refractivity contribution in [2.45, 2.75) is 79.1 Å². The van der Waals surface area contributed by atoms with Gasteiger partial charge in [-0.15, -0.1) is 0 Å². The van der Waals surface area contributed by atoms with Gasteiger partial charge in [0.05, 0.1) is 0 Å². The molecule has 248 valence electrons. The van der Waals surface area contributed by atoms with Crippen LogP contribution in [0, 0.1) is 11.8 Å². The lowest BCUT2D eigenvalue weighted by Crippen LogP contribution is -2.43. The number of carbonyl (C=O) groups excluding carboxylic acids is 4. The van der Waals surface area contributed by atoms with Gasteiger partial charge in [-0.05, 0) is 59.7 Å². The highest BCUT2D eigenvalue weighted by molar-refractivity contribution is 9.11. The number of fused-ring (bicyclic) bond motifs is 2. The minimum Gasteiger partial charge on any atom is -0.274 e. The van der Waals surface area contributed by atoms with Crippen molar-refractivity contribution in [3.05, 3.63) is 67.6 Å². The molecular weight excluding hydrogens is 732 g/mol. The van der Waals surface area contributed by atoms with Crippen molar-refractivity contribution >= 4 is 98.6 Å². The van der Waals surface area contributed by atoms with Crippen LogP contribution in [0.15, 0.2) is 45.3 Å². The SMILES string of the molecule is CCCC[C@H](CC)CN1C(=O)c2ccc3c4c(Br)cc5c6c(ccc(c7c(Br)cc(c2c37)C1=O)c64)C(=O)N(C[C@@H](CC)CCCC)C5=O. The second-order valence-electron chi connectivity index (χ2n) is 13.7.